The first-order valence-corrected chi connectivity index (χ1v) is 6.71. The maximum atomic E-state index is 5.76. The molecule has 0 spiro atoms. The number of nitrogens with zero attached hydrogens (tertiary/aromatic N) is 4. The van der Waals surface area contributed by atoms with Gasteiger partial charge in [-0.2, -0.15) is 0 Å². The maximum absolute atomic E-state index is 5.76. The topological polar surface area (TPSA) is 32.3 Å². The van der Waals surface area contributed by atoms with E-state index in [1.807, 2.05) is 0 Å². The van der Waals surface area contributed by atoms with Crippen molar-refractivity contribution in [3.05, 3.63) is 9.47 Å². The Labute approximate surface area is 105 Å². The fourth-order valence-corrected chi connectivity index (χ4v) is 3.11. The first kappa shape index (κ1) is 12.2. The van der Waals surface area contributed by atoms with E-state index in [0.29, 0.717) is 10.5 Å². The molecule has 0 N–H and O–H groups in total. The zero-order chi connectivity index (χ0) is 11.5. The molecule has 1 aromatic rings. The third-order valence-corrected chi connectivity index (χ3v) is 4.04. The van der Waals surface area contributed by atoms with Gasteiger partial charge in [0.1, 0.15) is 5.01 Å². The highest BCUT2D eigenvalue weighted by Crippen LogP contribution is 2.18. The zero-order valence-corrected chi connectivity index (χ0v) is 11.3. The van der Waals surface area contributed by atoms with Crippen LogP contribution in [0.25, 0.3) is 0 Å². The molecule has 0 radical (unpaired) electrons. The lowest BCUT2D eigenvalue weighted by Crippen LogP contribution is -2.36. The Bertz CT molecular complexity index is 343. The van der Waals surface area contributed by atoms with Crippen molar-refractivity contribution in [3.63, 3.8) is 0 Å². The summed E-state index contributed by atoms with van der Waals surface area (Å²) in [7, 11) is 4.33. The quantitative estimate of drug-likeness (QED) is 0.825. The molecule has 1 aliphatic heterocycles. The van der Waals surface area contributed by atoms with Crippen LogP contribution in [0.1, 0.15) is 17.8 Å². The average Bonchev–Trinajstić information content (AvgIpc) is 2.77. The van der Waals surface area contributed by atoms with Crippen LogP contribution in [-0.4, -0.2) is 53.2 Å². The molecule has 0 aromatic carbocycles. The van der Waals surface area contributed by atoms with E-state index in [2.05, 4.69) is 34.1 Å². The maximum Gasteiger partial charge on any atom is 0.207 e. The van der Waals surface area contributed by atoms with E-state index in [9.17, 15) is 0 Å². The second-order valence-corrected chi connectivity index (χ2v) is 6.07. The molecule has 1 saturated heterocycles. The lowest BCUT2D eigenvalue weighted by atomic mass is 10.2. The van der Waals surface area contributed by atoms with Crippen LogP contribution in [0.4, 0.5) is 0 Å². The molecule has 1 aliphatic rings. The van der Waals surface area contributed by atoms with Gasteiger partial charge < -0.3 is 4.90 Å². The summed E-state index contributed by atoms with van der Waals surface area (Å²) >= 11 is 7.22. The number of rotatable bonds is 4. The van der Waals surface area contributed by atoms with Gasteiger partial charge in [-0.15, -0.1) is 10.2 Å². The van der Waals surface area contributed by atoms with E-state index in [1.165, 1.54) is 30.7 Å². The Morgan fingerprint density at radius 2 is 2.38 bits per heavy atom. The first-order valence-electron chi connectivity index (χ1n) is 5.52. The highest BCUT2D eigenvalue weighted by Gasteiger charge is 2.22. The van der Waals surface area contributed by atoms with Gasteiger partial charge in [0.2, 0.25) is 4.47 Å². The predicted molar refractivity (Wildman–Crippen MR) is 66.9 cm³/mol. The second-order valence-electron chi connectivity index (χ2n) is 4.42. The molecule has 0 aliphatic carbocycles. The van der Waals surface area contributed by atoms with Crippen molar-refractivity contribution in [2.45, 2.75) is 25.4 Å². The van der Waals surface area contributed by atoms with Crippen molar-refractivity contribution in [2.75, 3.05) is 27.2 Å². The lowest BCUT2D eigenvalue weighted by Gasteiger charge is -2.24. The summed E-state index contributed by atoms with van der Waals surface area (Å²) in [6.07, 6.45) is 2.62. The average molecular weight is 261 g/mol. The number of hydrogen-bond acceptors (Lipinski definition) is 5. The molecular weight excluding hydrogens is 244 g/mol. The number of halogens is 1. The van der Waals surface area contributed by atoms with Gasteiger partial charge in [0.05, 0.1) is 6.54 Å². The number of aromatic nitrogens is 2. The van der Waals surface area contributed by atoms with Crippen LogP contribution in [0.3, 0.4) is 0 Å². The van der Waals surface area contributed by atoms with Gasteiger partial charge >= 0.3 is 0 Å². The summed E-state index contributed by atoms with van der Waals surface area (Å²) in [6, 6.07) is 0.688. The highest BCUT2D eigenvalue weighted by molar-refractivity contribution is 7.15. The summed E-state index contributed by atoms with van der Waals surface area (Å²) in [5.74, 6) is 0. The summed E-state index contributed by atoms with van der Waals surface area (Å²) in [4.78, 5) is 4.73. The third kappa shape index (κ3) is 3.13. The van der Waals surface area contributed by atoms with E-state index in [1.54, 1.807) is 0 Å². The summed E-state index contributed by atoms with van der Waals surface area (Å²) in [5.41, 5.74) is 0. The van der Waals surface area contributed by atoms with Crippen molar-refractivity contribution in [1.82, 2.24) is 20.0 Å². The fourth-order valence-electron chi connectivity index (χ4n) is 2.16. The van der Waals surface area contributed by atoms with Crippen LogP contribution in [0.2, 0.25) is 4.47 Å². The minimum atomic E-state index is 0.529. The Hall–Kier alpha value is -0.230. The van der Waals surface area contributed by atoms with Gasteiger partial charge in [0.15, 0.2) is 0 Å². The number of likely N-dealkylation sites (tertiary alicyclic amines) is 1. The molecule has 1 aromatic heterocycles. The largest absolute Gasteiger partial charge is 0.302 e. The predicted octanol–water partition coefficient (Wildman–Crippen LogP) is 1.72. The van der Waals surface area contributed by atoms with Gasteiger partial charge in [-0.05, 0) is 45.1 Å². The van der Waals surface area contributed by atoms with Crippen LogP contribution in [0, 0.1) is 0 Å². The molecule has 0 amide bonds. The number of likely N-dealkylation sites (N-methyl/N-ethyl adjacent to an activating group) is 2. The van der Waals surface area contributed by atoms with Gasteiger partial charge in [-0.1, -0.05) is 11.3 Å². The van der Waals surface area contributed by atoms with Crippen LogP contribution < -0.4 is 0 Å². The minimum absolute atomic E-state index is 0.529. The lowest BCUT2D eigenvalue weighted by molar-refractivity contribution is 0.215. The highest BCUT2D eigenvalue weighted by atomic mass is 35.5. The molecule has 2 rings (SSSR count). The van der Waals surface area contributed by atoms with Gasteiger partial charge in [-0.3, -0.25) is 4.90 Å². The van der Waals surface area contributed by atoms with Crippen molar-refractivity contribution in [2.24, 2.45) is 0 Å². The van der Waals surface area contributed by atoms with Gasteiger partial charge in [0.25, 0.3) is 0 Å². The normalized spacial score (nSPS) is 22.1. The van der Waals surface area contributed by atoms with Crippen molar-refractivity contribution in [3.8, 4) is 0 Å². The Morgan fingerprint density at radius 1 is 1.56 bits per heavy atom. The molecule has 16 heavy (non-hydrogen) atoms. The van der Waals surface area contributed by atoms with E-state index in [-0.39, 0.29) is 0 Å². The zero-order valence-electron chi connectivity index (χ0n) is 9.69. The van der Waals surface area contributed by atoms with E-state index in [4.69, 9.17) is 11.6 Å². The first-order chi connectivity index (χ1) is 7.65. The van der Waals surface area contributed by atoms with E-state index >= 15 is 0 Å². The van der Waals surface area contributed by atoms with Gasteiger partial charge in [0, 0.05) is 12.6 Å². The van der Waals surface area contributed by atoms with Crippen LogP contribution in [0.15, 0.2) is 0 Å². The van der Waals surface area contributed by atoms with E-state index in [0.717, 1.165) is 18.1 Å². The monoisotopic (exact) mass is 260 g/mol. The molecule has 90 valence electrons. The summed E-state index contributed by atoms with van der Waals surface area (Å²) < 4.78 is 0.529. The Kier molecular flexibility index (Phi) is 4.13. The van der Waals surface area contributed by atoms with Crippen LogP contribution in [-0.2, 0) is 6.54 Å². The number of hydrogen-bond donors (Lipinski definition) is 0. The van der Waals surface area contributed by atoms with Gasteiger partial charge in [-0.25, -0.2) is 0 Å². The molecule has 4 nitrogen and oxygen atoms in total. The molecule has 1 unspecified atom stereocenters. The van der Waals surface area contributed by atoms with Crippen molar-refractivity contribution in [1.29, 1.82) is 0 Å². The van der Waals surface area contributed by atoms with Crippen molar-refractivity contribution >= 4 is 22.9 Å². The molecule has 0 saturated carbocycles. The van der Waals surface area contributed by atoms with E-state index < -0.39 is 0 Å². The minimum Gasteiger partial charge on any atom is -0.302 e. The molecule has 0 bridgehead atoms. The molecule has 1 atom stereocenters. The Balaban J connectivity index is 1.82. The second kappa shape index (κ2) is 5.40. The third-order valence-electron chi connectivity index (χ3n) is 3.04. The molecule has 2 heterocycles. The Morgan fingerprint density at radius 3 is 2.94 bits per heavy atom. The molecule has 1 fully saturated rings. The molecular formula is C10H17ClN4S. The van der Waals surface area contributed by atoms with Crippen molar-refractivity contribution < 1.29 is 0 Å². The standard InChI is InChI=1S/C10H17ClN4S/c1-14(6-8-4-3-5-15(8)2)7-9-12-13-10(11)16-9/h8H,3-7H2,1-2H3. The smallest absolute Gasteiger partial charge is 0.207 e. The van der Waals surface area contributed by atoms with Crippen LogP contribution >= 0.6 is 22.9 Å². The molecule has 6 heteroatoms. The summed E-state index contributed by atoms with van der Waals surface area (Å²) in [6.45, 7) is 3.16. The summed E-state index contributed by atoms with van der Waals surface area (Å²) in [5, 5.41) is 8.84. The van der Waals surface area contributed by atoms with Crippen LogP contribution in [0.5, 0.6) is 0 Å². The fraction of sp³-hybridized carbons (Fsp3) is 0.800. The SMILES string of the molecule is CN(Cc1nnc(Cl)s1)CC1CCCN1C.